The van der Waals surface area contributed by atoms with Crippen LogP contribution in [0.3, 0.4) is 0 Å². The smallest absolute Gasteiger partial charge is 0.339 e. The average Bonchev–Trinajstić information content (AvgIpc) is 2.89. The Labute approximate surface area is 229 Å². The Morgan fingerprint density at radius 3 is 2.49 bits per heavy atom. The third kappa shape index (κ3) is 5.73. The molecule has 1 N–H and O–H groups in total. The Morgan fingerprint density at radius 1 is 0.946 bits per heavy atom. The number of nitrogens with one attached hydrogen (secondary N) is 1. The molecule has 5 rings (SSSR count). The predicted molar refractivity (Wildman–Crippen MR) is 146 cm³/mol. The minimum Gasteiger partial charge on any atom is -0.452 e. The number of rotatable bonds is 6. The normalized spacial score (nSPS) is 13.3. The summed E-state index contributed by atoms with van der Waals surface area (Å²) in [5.74, 6) is -1.13. The van der Waals surface area contributed by atoms with E-state index in [0.717, 1.165) is 29.9 Å². The maximum Gasteiger partial charge on any atom is 0.339 e. The van der Waals surface area contributed by atoms with Crippen molar-refractivity contribution in [1.29, 1.82) is 0 Å². The second-order valence-electron chi connectivity index (χ2n) is 8.75. The van der Waals surface area contributed by atoms with Crippen LogP contribution < -0.4 is 5.32 Å². The lowest BCUT2D eigenvalue weighted by Gasteiger charge is -2.30. The number of pyridine rings is 1. The van der Waals surface area contributed by atoms with Gasteiger partial charge in [-0.2, -0.15) is 0 Å². The number of aromatic nitrogens is 1. The van der Waals surface area contributed by atoms with E-state index in [-0.39, 0.29) is 20.8 Å². The van der Waals surface area contributed by atoms with E-state index in [0.29, 0.717) is 23.9 Å². The first-order chi connectivity index (χ1) is 17.9. The summed E-state index contributed by atoms with van der Waals surface area (Å²) in [6, 6.07) is 20.5. The molecule has 0 unspecified atom stereocenters. The molecule has 3 aromatic carbocycles. The molecule has 0 aliphatic carbocycles. The van der Waals surface area contributed by atoms with Gasteiger partial charge in [0.15, 0.2) is 6.61 Å². The molecule has 1 aliphatic heterocycles. The van der Waals surface area contributed by atoms with Gasteiger partial charge >= 0.3 is 5.97 Å². The van der Waals surface area contributed by atoms with Crippen LogP contribution in [0.1, 0.15) is 27.2 Å². The number of hydrogen-bond donors (Lipinski definition) is 1. The number of carbonyl (C=O) groups excluding carboxylic acids is 2. The number of hydrogen-bond acceptors (Lipinski definition) is 5. The molecule has 0 saturated heterocycles. The second-order valence-corrected chi connectivity index (χ2v) is 9.97. The summed E-state index contributed by atoms with van der Waals surface area (Å²) in [6.07, 6.45) is 0.712. The first-order valence-corrected chi connectivity index (χ1v) is 12.8. The second kappa shape index (κ2) is 11.1. The summed E-state index contributed by atoms with van der Waals surface area (Å²) in [5, 5.41) is 4.04. The topological polar surface area (TPSA) is 71.5 Å². The number of fused-ring (bicyclic) bond motifs is 2. The van der Waals surface area contributed by atoms with Crippen molar-refractivity contribution >= 4 is 63.3 Å². The van der Waals surface area contributed by atoms with Crippen molar-refractivity contribution in [2.75, 3.05) is 18.5 Å². The minimum absolute atomic E-state index is 0.224. The van der Waals surface area contributed by atoms with Crippen molar-refractivity contribution < 1.29 is 14.3 Å². The quantitative estimate of drug-likeness (QED) is 0.216. The maximum absolute atomic E-state index is 13.4. The highest BCUT2D eigenvalue weighted by molar-refractivity contribution is 6.44. The molecule has 6 nitrogen and oxygen atoms in total. The van der Waals surface area contributed by atoms with E-state index in [2.05, 4.69) is 22.3 Å². The molecule has 1 aliphatic rings. The number of esters is 1. The first-order valence-electron chi connectivity index (χ1n) is 11.7. The van der Waals surface area contributed by atoms with Crippen LogP contribution in [0.4, 0.5) is 5.69 Å². The van der Waals surface area contributed by atoms with Crippen LogP contribution in [0.15, 0.2) is 66.7 Å². The lowest BCUT2D eigenvalue weighted by atomic mass is 9.95. The molecule has 2 heterocycles. The highest BCUT2D eigenvalue weighted by Crippen LogP contribution is 2.32. The zero-order valence-corrected chi connectivity index (χ0v) is 21.9. The highest BCUT2D eigenvalue weighted by Gasteiger charge is 2.27. The molecule has 0 radical (unpaired) electrons. The zero-order valence-electron chi connectivity index (χ0n) is 19.6. The van der Waals surface area contributed by atoms with Gasteiger partial charge in [0.05, 0.1) is 31.8 Å². The molecule has 37 heavy (non-hydrogen) atoms. The molecular formula is C28H22Cl3N3O3. The van der Waals surface area contributed by atoms with Gasteiger partial charge in [0.25, 0.3) is 5.91 Å². The Balaban J connectivity index is 1.37. The number of ether oxygens (including phenoxy) is 1. The van der Waals surface area contributed by atoms with Gasteiger partial charge in [0.1, 0.15) is 0 Å². The van der Waals surface area contributed by atoms with Gasteiger partial charge in [-0.15, -0.1) is 0 Å². The summed E-state index contributed by atoms with van der Waals surface area (Å²) in [6.45, 7) is 1.65. The Hall–Kier alpha value is -3.16. The summed E-state index contributed by atoms with van der Waals surface area (Å²) >= 11 is 18.1. The fourth-order valence-electron chi connectivity index (χ4n) is 4.46. The van der Waals surface area contributed by atoms with Crippen molar-refractivity contribution in [1.82, 2.24) is 9.88 Å². The maximum atomic E-state index is 13.4. The Morgan fingerprint density at radius 2 is 1.68 bits per heavy atom. The van der Waals surface area contributed by atoms with Crippen molar-refractivity contribution in [2.45, 2.75) is 19.5 Å². The van der Waals surface area contributed by atoms with Gasteiger partial charge in [-0.25, -0.2) is 4.79 Å². The number of benzene rings is 3. The fourth-order valence-corrected chi connectivity index (χ4v) is 5.06. The van der Waals surface area contributed by atoms with Gasteiger partial charge in [0.2, 0.25) is 0 Å². The number of nitrogens with zero attached hydrogens (tertiary/aromatic N) is 2. The average molecular weight is 555 g/mol. The third-order valence-corrected chi connectivity index (χ3v) is 7.23. The predicted octanol–water partition coefficient (Wildman–Crippen LogP) is 6.55. The molecule has 1 aromatic heterocycles. The Kier molecular flexibility index (Phi) is 7.63. The van der Waals surface area contributed by atoms with Gasteiger partial charge < -0.3 is 10.1 Å². The molecule has 4 aromatic rings. The summed E-state index contributed by atoms with van der Waals surface area (Å²) in [4.78, 5) is 33.1. The molecule has 0 bridgehead atoms. The van der Waals surface area contributed by atoms with Gasteiger partial charge in [-0.1, -0.05) is 83.3 Å². The van der Waals surface area contributed by atoms with Crippen LogP contribution in [0.2, 0.25) is 15.1 Å². The minimum atomic E-state index is -0.577. The molecule has 9 heteroatoms. The molecule has 188 valence electrons. The van der Waals surface area contributed by atoms with E-state index in [4.69, 9.17) is 44.5 Å². The summed E-state index contributed by atoms with van der Waals surface area (Å²) in [5.41, 5.74) is 4.35. The summed E-state index contributed by atoms with van der Waals surface area (Å²) < 4.78 is 5.48. The van der Waals surface area contributed by atoms with Crippen LogP contribution in [0.5, 0.6) is 0 Å². The molecule has 1 amide bonds. The van der Waals surface area contributed by atoms with Crippen LogP contribution in [0, 0.1) is 0 Å². The van der Waals surface area contributed by atoms with Gasteiger partial charge in [0, 0.05) is 42.7 Å². The molecule has 0 atom stereocenters. The van der Waals surface area contributed by atoms with E-state index in [9.17, 15) is 9.59 Å². The number of halogens is 3. The lowest BCUT2D eigenvalue weighted by molar-refractivity contribution is -0.119. The van der Waals surface area contributed by atoms with Gasteiger partial charge in [-0.05, 0) is 23.8 Å². The largest absolute Gasteiger partial charge is 0.452 e. The highest BCUT2D eigenvalue weighted by atomic mass is 35.5. The molecular weight excluding hydrogens is 533 g/mol. The van der Waals surface area contributed by atoms with Crippen LogP contribution in [0.25, 0.3) is 10.9 Å². The molecule has 0 saturated carbocycles. The fraction of sp³-hybridized carbons (Fsp3) is 0.179. The van der Waals surface area contributed by atoms with E-state index >= 15 is 0 Å². The Bertz CT molecular complexity index is 1490. The summed E-state index contributed by atoms with van der Waals surface area (Å²) in [7, 11) is 0. The van der Waals surface area contributed by atoms with Crippen LogP contribution in [-0.2, 0) is 29.0 Å². The lowest BCUT2D eigenvalue weighted by Crippen LogP contribution is -2.32. The monoisotopic (exact) mass is 553 g/mol. The van der Waals surface area contributed by atoms with E-state index in [1.54, 1.807) is 0 Å². The first kappa shape index (κ1) is 25.5. The van der Waals surface area contributed by atoms with E-state index in [1.807, 2.05) is 42.5 Å². The van der Waals surface area contributed by atoms with Crippen molar-refractivity contribution in [3.63, 3.8) is 0 Å². The number of amides is 1. The van der Waals surface area contributed by atoms with E-state index in [1.165, 1.54) is 17.7 Å². The van der Waals surface area contributed by atoms with Crippen molar-refractivity contribution in [3.8, 4) is 0 Å². The van der Waals surface area contributed by atoms with Crippen molar-refractivity contribution in [3.05, 3.63) is 104 Å². The van der Waals surface area contributed by atoms with Gasteiger partial charge in [-0.3, -0.25) is 14.7 Å². The number of carbonyl (C=O) groups is 2. The van der Waals surface area contributed by atoms with E-state index < -0.39 is 18.5 Å². The SMILES string of the molecule is O=C(COC(=O)c1c2c(nc3ccccc13)CCN(Cc1ccccc1)C2)Nc1cc(Cl)c(Cl)cc1Cl. The number of anilines is 1. The van der Waals surface area contributed by atoms with Crippen LogP contribution in [-0.4, -0.2) is 34.9 Å². The number of para-hydroxylation sites is 1. The van der Waals surface area contributed by atoms with Crippen molar-refractivity contribution in [2.24, 2.45) is 0 Å². The zero-order chi connectivity index (χ0) is 25.9. The standard InChI is InChI=1S/C28H22Cl3N3O3/c29-20-12-22(31)25(13-21(20)30)33-26(35)16-37-28(36)27-18-8-4-5-9-23(18)32-24-10-11-34(15-19(24)27)14-17-6-2-1-3-7-17/h1-9,12-13H,10-11,14-16H2,(H,33,35). The molecule has 0 fully saturated rings. The molecule has 0 spiro atoms. The third-order valence-electron chi connectivity index (χ3n) is 6.20. The van der Waals surface area contributed by atoms with Crippen LogP contribution >= 0.6 is 34.8 Å².